The third-order valence-corrected chi connectivity index (χ3v) is 4.30. The van der Waals surface area contributed by atoms with Crippen LogP contribution in [0.5, 0.6) is 0 Å². The molecule has 0 spiro atoms. The van der Waals surface area contributed by atoms with E-state index in [-0.39, 0.29) is 5.97 Å². The van der Waals surface area contributed by atoms with Crippen molar-refractivity contribution >= 4 is 5.97 Å². The van der Waals surface area contributed by atoms with Crippen LogP contribution in [0.1, 0.15) is 59.3 Å². The van der Waals surface area contributed by atoms with Crippen molar-refractivity contribution in [3.05, 3.63) is 0 Å². The summed E-state index contributed by atoms with van der Waals surface area (Å²) in [7, 11) is 1.46. The molecule has 0 aromatic carbocycles. The van der Waals surface area contributed by atoms with E-state index in [2.05, 4.69) is 6.92 Å². The van der Waals surface area contributed by atoms with Gasteiger partial charge in [-0.3, -0.25) is 4.79 Å². The van der Waals surface area contributed by atoms with Gasteiger partial charge in [-0.25, -0.2) is 0 Å². The van der Waals surface area contributed by atoms with Crippen molar-refractivity contribution in [2.24, 2.45) is 11.8 Å². The average molecular weight is 286 g/mol. The highest BCUT2D eigenvalue weighted by molar-refractivity contribution is 5.69. The van der Waals surface area contributed by atoms with Crippen molar-refractivity contribution in [3.63, 3.8) is 0 Å². The molecule has 0 aromatic heterocycles. The Morgan fingerprint density at radius 2 is 1.85 bits per heavy atom. The molecular weight excluding hydrogens is 256 g/mol. The number of hydrogen-bond donors (Lipinski definition) is 0. The number of methoxy groups -OCH3 is 1. The minimum absolute atomic E-state index is 0.125. The van der Waals surface area contributed by atoms with Gasteiger partial charge >= 0.3 is 5.97 Å². The second kappa shape index (κ2) is 8.63. The largest absolute Gasteiger partial charge is 0.469 e. The molecule has 4 heteroatoms. The molecule has 1 saturated carbocycles. The number of hydrogen-bond acceptors (Lipinski definition) is 4. The second-order valence-corrected chi connectivity index (χ2v) is 5.51. The number of esters is 1. The first-order chi connectivity index (χ1) is 9.63. The van der Waals surface area contributed by atoms with Gasteiger partial charge in [0, 0.05) is 32.0 Å². The lowest BCUT2D eigenvalue weighted by Crippen LogP contribution is -2.42. The third-order valence-electron chi connectivity index (χ3n) is 4.30. The fourth-order valence-electron chi connectivity index (χ4n) is 3.44. The summed E-state index contributed by atoms with van der Waals surface area (Å²) in [6.07, 6.45) is 5.68. The van der Waals surface area contributed by atoms with Crippen LogP contribution in [-0.2, 0) is 19.0 Å². The van der Waals surface area contributed by atoms with E-state index in [1.807, 2.05) is 13.8 Å². The van der Waals surface area contributed by atoms with Crippen molar-refractivity contribution in [2.45, 2.75) is 65.1 Å². The molecule has 1 aliphatic rings. The van der Waals surface area contributed by atoms with Gasteiger partial charge in [0.15, 0.2) is 5.79 Å². The Morgan fingerprint density at radius 1 is 1.20 bits per heavy atom. The summed E-state index contributed by atoms with van der Waals surface area (Å²) in [5.74, 6) is -0.00832. The molecular formula is C16H30O4. The maximum atomic E-state index is 11.6. The standard InChI is InChI=1S/C16H30O4/c1-5-8-9-14-13(12-15(17)18-4)10-11-16(14,19-6-2)20-7-3/h13-14H,5-12H2,1-4H3. The molecule has 20 heavy (non-hydrogen) atoms. The van der Waals surface area contributed by atoms with E-state index in [1.165, 1.54) is 7.11 Å². The Morgan fingerprint density at radius 3 is 2.35 bits per heavy atom. The highest BCUT2D eigenvalue weighted by Gasteiger charge is 2.50. The van der Waals surface area contributed by atoms with Crippen molar-refractivity contribution in [3.8, 4) is 0 Å². The molecule has 0 N–H and O–H groups in total. The summed E-state index contributed by atoms with van der Waals surface area (Å²) in [6, 6.07) is 0. The maximum absolute atomic E-state index is 11.6. The molecule has 118 valence electrons. The summed E-state index contributed by atoms with van der Waals surface area (Å²) in [4.78, 5) is 11.6. The predicted molar refractivity (Wildman–Crippen MR) is 78.4 cm³/mol. The lowest BCUT2D eigenvalue weighted by atomic mass is 9.85. The van der Waals surface area contributed by atoms with Gasteiger partial charge in [-0.05, 0) is 32.6 Å². The summed E-state index contributed by atoms with van der Waals surface area (Å²) in [5, 5.41) is 0. The van der Waals surface area contributed by atoms with Gasteiger partial charge in [0.05, 0.1) is 7.11 Å². The van der Waals surface area contributed by atoms with Crippen molar-refractivity contribution < 1.29 is 19.0 Å². The quantitative estimate of drug-likeness (QED) is 0.480. The monoisotopic (exact) mass is 286 g/mol. The minimum atomic E-state index is -0.489. The maximum Gasteiger partial charge on any atom is 0.305 e. The fraction of sp³-hybridized carbons (Fsp3) is 0.938. The van der Waals surface area contributed by atoms with Crippen LogP contribution in [0.15, 0.2) is 0 Å². The fourth-order valence-corrected chi connectivity index (χ4v) is 3.44. The second-order valence-electron chi connectivity index (χ2n) is 5.51. The predicted octanol–water partition coefficient (Wildman–Crippen LogP) is 3.54. The van der Waals surface area contributed by atoms with Gasteiger partial charge in [-0.1, -0.05) is 19.8 Å². The van der Waals surface area contributed by atoms with Crippen LogP contribution < -0.4 is 0 Å². The van der Waals surface area contributed by atoms with Crippen LogP contribution in [0.2, 0.25) is 0 Å². The topological polar surface area (TPSA) is 44.8 Å². The van der Waals surface area contributed by atoms with Gasteiger partial charge in [-0.2, -0.15) is 0 Å². The Bertz CT molecular complexity index is 284. The Hall–Kier alpha value is -0.610. The zero-order valence-corrected chi connectivity index (χ0v) is 13.4. The Kier molecular flexibility index (Phi) is 7.52. The third kappa shape index (κ3) is 4.19. The van der Waals surface area contributed by atoms with E-state index in [1.54, 1.807) is 0 Å². The van der Waals surface area contributed by atoms with E-state index in [9.17, 15) is 4.79 Å². The first kappa shape index (κ1) is 17.4. The van der Waals surface area contributed by atoms with E-state index >= 15 is 0 Å². The molecule has 0 bridgehead atoms. The van der Waals surface area contributed by atoms with Gasteiger partial charge in [0.1, 0.15) is 0 Å². The van der Waals surface area contributed by atoms with Gasteiger partial charge < -0.3 is 14.2 Å². The molecule has 0 aromatic rings. The molecule has 4 nitrogen and oxygen atoms in total. The van der Waals surface area contributed by atoms with Crippen LogP contribution in [-0.4, -0.2) is 32.1 Å². The molecule has 1 aliphatic carbocycles. The molecule has 1 fully saturated rings. The van der Waals surface area contributed by atoms with Crippen LogP contribution in [0.4, 0.5) is 0 Å². The van der Waals surface area contributed by atoms with Gasteiger partial charge in [-0.15, -0.1) is 0 Å². The SMILES string of the molecule is CCCCC1C(CC(=O)OC)CCC1(OCC)OCC. The molecule has 0 radical (unpaired) electrons. The Labute approximate surface area is 123 Å². The van der Waals surface area contributed by atoms with Crippen molar-refractivity contribution in [1.82, 2.24) is 0 Å². The normalized spacial score (nSPS) is 24.8. The van der Waals surface area contributed by atoms with E-state index in [4.69, 9.17) is 14.2 Å². The summed E-state index contributed by atoms with van der Waals surface area (Å²) in [5.41, 5.74) is 0. The van der Waals surface area contributed by atoms with Crippen LogP contribution in [0.3, 0.4) is 0 Å². The molecule has 1 rings (SSSR count). The first-order valence-electron chi connectivity index (χ1n) is 7.98. The van der Waals surface area contributed by atoms with Crippen molar-refractivity contribution in [2.75, 3.05) is 20.3 Å². The number of ether oxygens (including phenoxy) is 3. The van der Waals surface area contributed by atoms with E-state index in [0.717, 1.165) is 32.1 Å². The van der Waals surface area contributed by atoms with Crippen molar-refractivity contribution in [1.29, 1.82) is 0 Å². The van der Waals surface area contributed by atoms with Crippen LogP contribution in [0, 0.1) is 11.8 Å². The number of unbranched alkanes of at least 4 members (excludes halogenated alkanes) is 1. The summed E-state index contributed by atoms with van der Waals surface area (Å²) >= 11 is 0. The highest BCUT2D eigenvalue weighted by Crippen LogP contribution is 2.47. The van der Waals surface area contributed by atoms with Gasteiger partial charge in [0.2, 0.25) is 0 Å². The zero-order valence-electron chi connectivity index (χ0n) is 13.4. The zero-order chi connectivity index (χ0) is 15.0. The number of carbonyl (C=O) groups is 1. The lowest BCUT2D eigenvalue weighted by molar-refractivity contribution is -0.257. The van der Waals surface area contributed by atoms with E-state index in [0.29, 0.717) is 31.5 Å². The lowest BCUT2D eigenvalue weighted by Gasteiger charge is -2.37. The molecule has 0 saturated heterocycles. The molecule has 2 atom stereocenters. The summed E-state index contributed by atoms with van der Waals surface area (Å²) in [6.45, 7) is 7.49. The number of carbonyl (C=O) groups excluding carboxylic acids is 1. The highest BCUT2D eigenvalue weighted by atomic mass is 16.7. The first-order valence-corrected chi connectivity index (χ1v) is 7.98. The van der Waals surface area contributed by atoms with E-state index < -0.39 is 5.79 Å². The molecule has 0 amide bonds. The van der Waals surface area contributed by atoms with Crippen LogP contribution in [0.25, 0.3) is 0 Å². The molecule has 0 heterocycles. The minimum Gasteiger partial charge on any atom is -0.469 e. The molecule has 0 aliphatic heterocycles. The summed E-state index contributed by atoms with van der Waals surface area (Å²) < 4.78 is 16.9. The van der Waals surface area contributed by atoms with Crippen LogP contribution >= 0.6 is 0 Å². The molecule has 2 unspecified atom stereocenters. The number of rotatable bonds is 9. The Balaban J connectivity index is 2.83. The smallest absolute Gasteiger partial charge is 0.305 e. The average Bonchev–Trinajstić information content (AvgIpc) is 2.75. The van der Waals surface area contributed by atoms with Gasteiger partial charge in [0.25, 0.3) is 0 Å².